The summed E-state index contributed by atoms with van der Waals surface area (Å²) in [4.78, 5) is 40.3. The van der Waals surface area contributed by atoms with Gasteiger partial charge in [0.15, 0.2) is 0 Å². The van der Waals surface area contributed by atoms with Crippen LogP contribution in [0.4, 0.5) is 10.5 Å². The van der Waals surface area contributed by atoms with Crippen LogP contribution in [0.25, 0.3) is 0 Å². The van der Waals surface area contributed by atoms with E-state index in [-0.39, 0.29) is 36.2 Å². The predicted octanol–water partition coefficient (Wildman–Crippen LogP) is 3.36. The number of amides is 4. The highest BCUT2D eigenvalue weighted by Crippen LogP contribution is 2.26. The molecule has 1 atom stereocenters. The van der Waals surface area contributed by atoms with Crippen molar-refractivity contribution in [2.75, 3.05) is 31.5 Å². The molecule has 0 spiro atoms. The number of nitrogens with one attached hydrogen (secondary N) is 2. The Morgan fingerprint density at radius 3 is 2.52 bits per heavy atom. The summed E-state index contributed by atoms with van der Waals surface area (Å²) in [6, 6.07) is 4.55. The van der Waals surface area contributed by atoms with Crippen LogP contribution in [0.15, 0.2) is 18.2 Å². The first-order valence-corrected chi connectivity index (χ1v) is 10.7. The van der Waals surface area contributed by atoms with Crippen LogP contribution in [0, 0.1) is 5.92 Å². The molecular formula is C20H26Cl2N4O3. The van der Waals surface area contributed by atoms with E-state index < -0.39 is 0 Å². The zero-order chi connectivity index (χ0) is 21.0. The van der Waals surface area contributed by atoms with E-state index in [2.05, 4.69) is 10.6 Å². The first-order valence-electron chi connectivity index (χ1n) is 9.93. The van der Waals surface area contributed by atoms with E-state index in [1.165, 1.54) is 0 Å². The molecule has 0 radical (unpaired) electrons. The number of carbonyl (C=O) groups is 3. The van der Waals surface area contributed by atoms with E-state index in [9.17, 15) is 14.4 Å². The maximum Gasteiger partial charge on any atom is 0.322 e. The van der Waals surface area contributed by atoms with Gasteiger partial charge in [-0.1, -0.05) is 29.6 Å². The number of carbonyl (C=O) groups excluding carboxylic acids is 3. The third-order valence-electron chi connectivity index (χ3n) is 5.53. The molecule has 2 fully saturated rings. The normalized spacial score (nSPS) is 19.5. The minimum absolute atomic E-state index is 0.00435. The number of hydrogen-bond acceptors (Lipinski definition) is 3. The number of nitrogens with zero attached hydrogens (tertiary/aromatic N) is 2. The van der Waals surface area contributed by atoms with Crippen LogP contribution in [0.2, 0.25) is 10.0 Å². The molecule has 2 N–H and O–H groups in total. The highest BCUT2D eigenvalue weighted by atomic mass is 35.5. The lowest BCUT2D eigenvalue weighted by Gasteiger charge is -2.39. The second-order valence-corrected chi connectivity index (χ2v) is 8.42. The number of hydrogen-bond donors (Lipinski definition) is 2. The molecule has 1 aliphatic heterocycles. The summed E-state index contributed by atoms with van der Waals surface area (Å²) in [5.41, 5.74) is 0.567. The largest absolute Gasteiger partial charge is 0.355 e. The van der Waals surface area contributed by atoms with Gasteiger partial charge in [-0.3, -0.25) is 9.59 Å². The first-order chi connectivity index (χ1) is 13.8. The summed E-state index contributed by atoms with van der Waals surface area (Å²) >= 11 is 11.9. The van der Waals surface area contributed by atoms with Gasteiger partial charge in [-0.25, -0.2) is 4.79 Å². The number of piperazine rings is 1. The summed E-state index contributed by atoms with van der Waals surface area (Å²) in [6.07, 6.45) is 3.28. The molecule has 158 valence electrons. The van der Waals surface area contributed by atoms with Gasteiger partial charge in [0.05, 0.1) is 10.0 Å². The fourth-order valence-electron chi connectivity index (χ4n) is 3.52. The molecule has 2 aliphatic rings. The number of anilines is 1. The van der Waals surface area contributed by atoms with Gasteiger partial charge in [-0.2, -0.15) is 0 Å². The summed E-state index contributed by atoms with van der Waals surface area (Å²) in [5, 5.41) is 6.46. The molecule has 1 aliphatic carbocycles. The van der Waals surface area contributed by atoms with Crippen LogP contribution in [0.1, 0.15) is 32.6 Å². The third kappa shape index (κ3) is 5.54. The molecule has 1 aromatic rings. The monoisotopic (exact) mass is 440 g/mol. The molecule has 29 heavy (non-hydrogen) atoms. The number of benzene rings is 1. The lowest BCUT2D eigenvalue weighted by Crippen LogP contribution is -2.56. The van der Waals surface area contributed by atoms with Gasteiger partial charge in [0.2, 0.25) is 11.8 Å². The van der Waals surface area contributed by atoms with Gasteiger partial charge in [0.1, 0.15) is 0 Å². The van der Waals surface area contributed by atoms with Crippen LogP contribution in [-0.2, 0) is 9.59 Å². The average Bonchev–Trinajstić information content (AvgIpc) is 2.63. The molecule has 9 heteroatoms. The lowest BCUT2D eigenvalue weighted by molar-refractivity contribution is -0.133. The Balaban J connectivity index is 1.44. The van der Waals surface area contributed by atoms with Gasteiger partial charge in [0, 0.05) is 50.2 Å². The lowest BCUT2D eigenvalue weighted by atomic mass is 9.85. The highest BCUT2D eigenvalue weighted by Gasteiger charge is 2.30. The van der Waals surface area contributed by atoms with Gasteiger partial charge in [0.25, 0.3) is 0 Å². The van der Waals surface area contributed by atoms with E-state index in [0.717, 1.165) is 19.3 Å². The second kappa shape index (κ2) is 9.67. The highest BCUT2D eigenvalue weighted by molar-refractivity contribution is 6.42. The van der Waals surface area contributed by atoms with Crippen LogP contribution in [0.5, 0.6) is 0 Å². The molecule has 7 nitrogen and oxygen atoms in total. The van der Waals surface area contributed by atoms with Crippen molar-refractivity contribution in [1.29, 1.82) is 0 Å². The van der Waals surface area contributed by atoms with Crippen molar-refractivity contribution in [2.24, 2.45) is 5.92 Å². The molecule has 3 rings (SSSR count). The topological polar surface area (TPSA) is 81.8 Å². The van der Waals surface area contributed by atoms with Gasteiger partial charge in [-0.05, 0) is 38.0 Å². The van der Waals surface area contributed by atoms with Crippen LogP contribution in [-0.4, -0.2) is 59.9 Å². The zero-order valence-electron chi connectivity index (χ0n) is 16.4. The molecular weight excluding hydrogens is 415 g/mol. The SMILES string of the molecule is CC1CN(C(=O)CCNC(=O)C2CCC2)CCN1C(=O)Nc1ccc(Cl)c(Cl)c1. The smallest absolute Gasteiger partial charge is 0.322 e. The molecule has 1 unspecified atom stereocenters. The van der Waals surface area contributed by atoms with Crippen molar-refractivity contribution >= 4 is 46.7 Å². The van der Waals surface area contributed by atoms with E-state index in [0.29, 0.717) is 41.9 Å². The Labute approximate surface area is 180 Å². The number of urea groups is 1. The molecule has 1 aromatic carbocycles. The van der Waals surface area contributed by atoms with Crippen molar-refractivity contribution in [3.05, 3.63) is 28.2 Å². The predicted molar refractivity (Wildman–Crippen MR) is 113 cm³/mol. The maximum absolute atomic E-state index is 12.6. The fraction of sp³-hybridized carbons (Fsp3) is 0.550. The Morgan fingerprint density at radius 2 is 1.90 bits per heavy atom. The van der Waals surface area contributed by atoms with Crippen molar-refractivity contribution in [2.45, 2.75) is 38.6 Å². The van der Waals surface area contributed by atoms with E-state index >= 15 is 0 Å². The van der Waals surface area contributed by atoms with E-state index in [1.54, 1.807) is 28.0 Å². The zero-order valence-corrected chi connectivity index (χ0v) is 17.9. The maximum atomic E-state index is 12.6. The summed E-state index contributed by atoms with van der Waals surface area (Å²) in [5.74, 6) is 0.180. The van der Waals surface area contributed by atoms with Crippen molar-refractivity contribution in [1.82, 2.24) is 15.1 Å². The number of halogens is 2. The van der Waals surface area contributed by atoms with E-state index in [1.807, 2.05) is 6.92 Å². The van der Waals surface area contributed by atoms with Crippen molar-refractivity contribution < 1.29 is 14.4 Å². The van der Waals surface area contributed by atoms with Crippen LogP contribution in [0.3, 0.4) is 0 Å². The summed E-state index contributed by atoms with van der Waals surface area (Å²) in [7, 11) is 0. The van der Waals surface area contributed by atoms with Crippen molar-refractivity contribution in [3.63, 3.8) is 0 Å². The second-order valence-electron chi connectivity index (χ2n) is 7.61. The van der Waals surface area contributed by atoms with Gasteiger partial charge >= 0.3 is 6.03 Å². The molecule has 4 amide bonds. The molecule has 0 aromatic heterocycles. The minimum Gasteiger partial charge on any atom is -0.355 e. The standard InChI is InChI=1S/C20H26Cl2N4O3/c1-13-12-25(18(27)7-8-23-19(28)14-3-2-4-14)9-10-26(13)20(29)24-15-5-6-16(21)17(22)11-15/h5-6,11,13-14H,2-4,7-10,12H2,1H3,(H,23,28)(H,24,29). The van der Waals surface area contributed by atoms with Crippen LogP contribution >= 0.6 is 23.2 Å². The quantitative estimate of drug-likeness (QED) is 0.735. The Morgan fingerprint density at radius 1 is 1.14 bits per heavy atom. The van der Waals surface area contributed by atoms with Crippen molar-refractivity contribution in [3.8, 4) is 0 Å². The minimum atomic E-state index is -0.240. The number of rotatable bonds is 5. The molecule has 1 saturated heterocycles. The van der Waals surface area contributed by atoms with Gasteiger partial charge in [-0.15, -0.1) is 0 Å². The third-order valence-corrected chi connectivity index (χ3v) is 6.27. The molecule has 1 heterocycles. The van der Waals surface area contributed by atoms with E-state index in [4.69, 9.17) is 23.2 Å². The Hall–Kier alpha value is -1.99. The van der Waals surface area contributed by atoms with Crippen LogP contribution < -0.4 is 10.6 Å². The average molecular weight is 441 g/mol. The van der Waals surface area contributed by atoms with Gasteiger partial charge < -0.3 is 20.4 Å². The fourth-order valence-corrected chi connectivity index (χ4v) is 3.82. The first kappa shape index (κ1) is 21.7. The Bertz CT molecular complexity index is 785. The molecule has 1 saturated carbocycles. The Kier molecular flexibility index (Phi) is 7.24. The summed E-state index contributed by atoms with van der Waals surface area (Å²) < 4.78 is 0. The summed E-state index contributed by atoms with van der Waals surface area (Å²) in [6.45, 7) is 3.64. The molecule has 0 bridgehead atoms.